The molecule has 0 unspecified atom stereocenters. The highest BCUT2D eigenvalue weighted by Crippen LogP contribution is 2.13. The zero-order valence-corrected chi connectivity index (χ0v) is 13.5. The van der Waals surface area contributed by atoms with E-state index in [1.54, 1.807) is 6.08 Å². The summed E-state index contributed by atoms with van der Waals surface area (Å²) in [6, 6.07) is 6.63. The van der Waals surface area contributed by atoms with Crippen molar-refractivity contribution in [2.75, 3.05) is 0 Å². The fourth-order valence-electron chi connectivity index (χ4n) is 1.24. The first-order valence-corrected chi connectivity index (χ1v) is 7.08. The summed E-state index contributed by atoms with van der Waals surface area (Å²) in [5.74, 6) is 0.803. The molecule has 0 aromatic heterocycles. The molecule has 0 atom stereocenters. The highest BCUT2D eigenvalue weighted by molar-refractivity contribution is 6.30. The van der Waals surface area contributed by atoms with Gasteiger partial charge in [-0.1, -0.05) is 76.2 Å². The van der Waals surface area contributed by atoms with Gasteiger partial charge in [-0.25, -0.2) is 4.39 Å². The first-order chi connectivity index (χ1) is 9.23. The van der Waals surface area contributed by atoms with Crippen molar-refractivity contribution in [3.05, 3.63) is 71.6 Å². The first-order valence-electron chi connectivity index (χ1n) is 6.70. The lowest BCUT2D eigenvalue weighted by Crippen LogP contribution is -1.86. The summed E-state index contributed by atoms with van der Waals surface area (Å²) >= 11 is 5.50. The van der Waals surface area contributed by atoms with Crippen LogP contribution in [0.3, 0.4) is 0 Å². The van der Waals surface area contributed by atoms with Gasteiger partial charge in [-0.15, -0.1) is 0 Å². The van der Waals surface area contributed by atoms with Crippen molar-refractivity contribution in [2.45, 2.75) is 33.6 Å². The molecule has 0 saturated heterocycles. The van der Waals surface area contributed by atoms with Crippen LogP contribution in [0.25, 0.3) is 0 Å². The van der Waals surface area contributed by atoms with E-state index in [0.717, 1.165) is 5.57 Å². The van der Waals surface area contributed by atoms with Crippen molar-refractivity contribution in [1.29, 1.82) is 0 Å². The van der Waals surface area contributed by atoms with Crippen LogP contribution in [0.1, 0.15) is 39.2 Å². The zero-order valence-electron chi connectivity index (χ0n) is 12.8. The molecule has 0 aliphatic rings. The summed E-state index contributed by atoms with van der Waals surface area (Å²) in [5.41, 5.74) is 2.25. The van der Waals surface area contributed by atoms with Gasteiger partial charge in [0.05, 0.1) is 0 Å². The summed E-state index contributed by atoms with van der Waals surface area (Å²) in [4.78, 5) is 0. The number of hydrogen-bond acceptors (Lipinski definition) is 0. The molecule has 0 saturated carbocycles. The molecule has 0 N–H and O–H groups in total. The average Bonchev–Trinajstić information content (AvgIpc) is 2.37. The minimum Gasteiger partial charge on any atom is -0.207 e. The smallest absolute Gasteiger partial charge is 0.123 e. The second kappa shape index (κ2) is 9.55. The third-order valence-electron chi connectivity index (χ3n) is 2.76. The fraction of sp³-hybridized carbons (Fsp3) is 0.333. The maximum Gasteiger partial charge on any atom is 0.123 e. The fourth-order valence-corrected chi connectivity index (χ4v) is 1.30. The average molecular weight is 295 g/mol. The Kier molecular flexibility index (Phi) is 8.91. The monoisotopic (exact) mass is 294 g/mol. The summed E-state index contributed by atoms with van der Waals surface area (Å²) in [5, 5.41) is 0.543. The molecule has 110 valence electrons. The minimum absolute atomic E-state index is 0.163. The zero-order chi connectivity index (χ0) is 15.7. The standard InChI is InChI=1S/C9H13Cl.C9H11F/c1-7(2)8(3)5-6-9(4)10;1-7(2)8-3-5-9(10)6-4-8/h5-7H,3-4H2,1-2H3;3-7H,1-2H3/b6-5-;. The predicted octanol–water partition coefficient (Wildman–Crippen LogP) is 6.46. The normalized spacial score (nSPS) is 10.6. The first kappa shape index (κ1) is 18.7. The van der Waals surface area contributed by atoms with Crippen molar-refractivity contribution in [3.63, 3.8) is 0 Å². The van der Waals surface area contributed by atoms with Gasteiger partial charge in [-0.3, -0.25) is 0 Å². The van der Waals surface area contributed by atoms with Crippen molar-refractivity contribution >= 4 is 11.6 Å². The summed E-state index contributed by atoms with van der Waals surface area (Å²) in [6.07, 6.45) is 3.64. The van der Waals surface area contributed by atoms with E-state index in [9.17, 15) is 4.39 Å². The molecule has 1 aromatic rings. The number of allylic oxidation sites excluding steroid dienone is 4. The largest absolute Gasteiger partial charge is 0.207 e. The Morgan fingerprint density at radius 2 is 1.55 bits per heavy atom. The van der Waals surface area contributed by atoms with E-state index in [0.29, 0.717) is 16.9 Å². The van der Waals surface area contributed by atoms with Gasteiger partial charge >= 0.3 is 0 Å². The van der Waals surface area contributed by atoms with Crippen LogP contribution < -0.4 is 0 Å². The van der Waals surface area contributed by atoms with Gasteiger partial charge in [0.2, 0.25) is 0 Å². The Labute approximate surface area is 127 Å². The summed E-state index contributed by atoms with van der Waals surface area (Å²) in [7, 11) is 0. The van der Waals surface area contributed by atoms with Gasteiger partial charge in [0.25, 0.3) is 0 Å². The van der Waals surface area contributed by atoms with Crippen LogP contribution in [0.15, 0.2) is 60.2 Å². The molecule has 0 aliphatic heterocycles. The van der Waals surface area contributed by atoms with Gasteiger partial charge in [0, 0.05) is 5.03 Å². The van der Waals surface area contributed by atoms with Gasteiger partial charge < -0.3 is 0 Å². The Balaban J connectivity index is 0.000000361. The van der Waals surface area contributed by atoms with Gasteiger partial charge in [-0.2, -0.15) is 0 Å². The lowest BCUT2D eigenvalue weighted by Gasteiger charge is -2.02. The summed E-state index contributed by atoms with van der Waals surface area (Å²) < 4.78 is 12.4. The third kappa shape index (κ3) is 8.71. The van der Waals surface area contributed by atoms with Crippen LogP contribution in [0.4, 0.5) is 4.39 Å². The van der Waals surface area contributed by atoms with Crippen LogP contribution in [0, 0.1) is 11.7 Å². The Bertz CT molecular complexity index is 453. The number of halogens is 2. The lowest BCUT2D eigenvalue weighted by atomic mass is 10.0. The van der Waals surface area contributed by atoms with Crippen LogP contribution >= 0.6 is 11.6 Å². The van der Waals surface area contributed by atoms with Gasteiger partial charge in [-0.05, 0) is 35.6 Å². The van der Waals surface area contributed by atoms with Crippen molar-refractivity contribution in [1.82, 2.24) is 0 Å². The maximum atomic E-state index is 12.4. The Morgan fingerprint density at radius 1 is 1.05 bits per heavy atom. The van der Waals surface area contributed by atoms with E-state index in [2.05, 4.69) is 40.9 Å². The van der Waals surface area contributed by atoms with E-state index >= 15 is 0 Å². The Morgan fingerprint density at radius 3 is 1.90 bits per heavy atom. The maximum absolute atomic E-state index is 12.4. The van der Waals surface area contributed by atoms with Crippen molar-refractivity contribution < 1.29 is 4.39 Å². The predicted molar refractivity (Wildman–Crippen MR) is 88.6 cm³/mol. The number of hydrogen-bond donors (Lipinski definition) is 0. The SMILES string of the molecule is C=C(Cl)/C=C\C(=C)C(C)C.CC(C)c1ccc(F)cc1. The molecule has 0 spiro atoms. The summed E-state index contributed by atoms with van der Waals surface area (Å²) in [6.45, 7) is 15.7. The molecule has 1 rings (SSSR count). The molecule has 0 aliphatic carbocycles. The van der Waals surface area contributed by atoms with Crippen LogP contribution in [0.5, 0.6) is 0 Å². The van der Waals surface area contributed by atoms with E-state index in [1.807, 2.05) is 18.2 Å². The highest BCUT2D eigenvalue weighted by atomic mass is 35.5. The molecule has 0 bridgehead atoms. The van der Waals surface area contributed by atoms with Crippen molar-refractivity contribution in [2.24, 2.45) is 5.92 Å². The highest BCUT2D eigenvalue weighted by Gasteiger charge is 1.96. The van der Waals surface area contributed by atoms with E-state index in [-0.39, 0.29) is 5.82 Å². The molecular weight excluding hydrogens is 271 g/mol. The van der Waals surface area contributed by atoms with Crippen LogP contribution in [-0.2, 0) is 0 Å². The van der Waals surface area contributed by atoms with Gasteiger partial charge in [0.15, 0.2) is 0 Å². The van der Waals surface area contributed by atoms with Crippen LogP contribution in [-0.4, -0.2) is 0 Å². The topological polar surface area (TPSA) is 0 Å². The molecule has 0 fully saturated rings. The molecule has 0 heterocycles. The quantitative estimate of drug-likeness (QED) is 0.559. The molecule has 0 amide bonds. The molecule has 2 heteroatoms. The molecule has 1 aromatic carbocycles. The van der Waals surface area contributed by atoms with E-state index in [4.69, 9.17) is 11.6 Å². The second-order valence-corrected chi connectivity index (χ2v) is 5.70. The minimum atomic E-state index is -0.163. The number of benzene rings is 1. The molecule has 0 radical (unpaired) electrons. The number of rotatable bonds is 4. The Hall–Kier alpha value is -1.34. The second-order valence-electron chi connectivity index (χ2n) is 5.22. The van der Waals surface area contributed by atoms with E-state index < -0.39 is 0 Å². The van der Waals surface area contributed by atoms with Gasteiger partial charge in [0.1, 0.15) is 5.82 Å². The molecule has 20 heavy (non-hydrogen) atoms. The lowest BCUT2D eigenvalue weighted by molar-refractivity contribution is 0.626. The third-order valence-corrected chi connectivity index (χ3v) is 2.88. The molecular formula is C18H24ClF. The molecule has 0 nitrogen and oxygen atoms in total. The van der Waals surface area contributed by atoms with Crippen LogP contribution in [0.2, 0.25) is 0 Å². The van der Waals surface area contributed by atoms with Crippen molar-refractivity contribution in [3.8, 4) is 0 Å². The van der Waals surface area contributed by atoms with E-state index in [1.165, 1.54) is 17.7 Å².